The van der Waals surface area contributed by atoms with Crippen molar-refractivity contribution in [3.05, 3.63) is 27.2 Å². The minimum absolute atomic E-state index is 1.06. The number of rotatable bonds is 8. The van der Waals surface area contributed by atoms with Crippen molar-refractivity contribution in [1.29, 1.82) is 0 Å². The van der Waals surface area contributed by atoms with Gasteiger partial charge in [-0.25, -0.2) is 0 Å². The van der Waals surface area contributed by atoms with Gasteiger partial charge in [0.05, 0.1) is 7.11 Å². The van der Waals surface area contributed by atoms with Crippen LogP contribution >= 0.6 is 15.9 Å². The fourth-order valence-corrected chi connectivity index (χ4v) is 2.94. The highest BCUT2D eigenvalue weighted by Crippen LogP contribution is 2.33. The van der Waals surface area contributed by atoms with Gasteiger partial charge < -0.3 is 10.1 Å². The molecule has 0 bridgehead atoms. The zero-order valence-corrected chi connectivity index (χ0v) is 14.2. The van der Waals surface area contributed by atoms with Gasteiger partial charge in [0, 0.05) is 4.47 Å². The maximum absolute atomic E-state index is 5.57. The van der Waals surface area contributed by atoms with Crippen LogP contribution in [0.3, 0.4) is 0 Å². The fourth-order valence-electron chi connectivity index (χ4n) is 2.36. The van der Waals surface area contributed by atoms with Crippen LogP contribution in [0.1, 0.15) is 42.9 Å². The summed E-state index contributed by atoms with van der Waals surface area (Å²) in [6.07, 6.45) is 4.71. The number of hydrogen-bond acceptors (Lipinski definition) is 2. The zero-order chi connectivity index (χ0) is 14.3. The van der Waals surface area contributed by atoms with E-state index in [1.54, 1.807) is 7.11 Å². The van der Waals surface area contributed by atoms with Gasteiger partial charge in [0.15, 0.2) is 0 Å². The van der Waals surface area contributed by atoms with E-state index in [1.165, 1.54) is 40.4 Å². The van der Waals surface area contributed by atoms with Crippen LogP contribution in [0.25, 0.3) is 0 Å². The molecule has 0 fully saturated rings. The lowest BCUT2D eigenvalue weighted by Crippen LogP contribution is -2.16. The quantitative estimate of drug-likeness (QED) is 0.714. The summed E-state index contributed by atoms with van der Waals surface area (Å²) in [6.45, 7) is 8.71. The van der Waals surface area contributed by atoms with Gasteiger partial charge in [0.2, 0.25) is 0 Å². The Bertz CT molecular complexity index is 404. The smallest absolute Gasteiger partial charge is 0.125 e. The molecule has 0 amide bonds. The Morgan fingerprint density at radius 3 is 2.58 bits per heavy atom. The van der Waals surface area contributed by atoms with Gasteiger partial charge in [-0.2, -0.15) is 0 Å². The lowest BCUT2D eigenvalue weighted by Gasteiger charge is -2.16. The number of benzene rings is 1. The summed E-state index contributed by atoms with van der Waals surface area (Å²) >= 11 is 3.64. The summed E-state index contributed by atoms with van der Waals surface area (Å²) in [6, 6.07) is 2.14. The Labute approximate surface area is 126 Å². The van der Waals surface area contributed by atoms with E-state index in [-0.39, 0.29) is 0 Å². The van der Waals surface area contributed by atoms with Crippen molar-refractivity contribution in [1.82, 2.24) is 5.32 Å². The molecule has 0 aromatic heterocycles. The Hall–Kier alpha value is -0.540. The monoisotopic (exact) mass is 327 g/mol. The number of halogens is 1. The maximum Gasteiger partial charge on any atom is 0.125 e. The molecular weight excluding hydrogens is 302 g/mol. The van der Waals surface area contributed by atoms with Crippen LogP contribution in [0.4, 0.5) is 0 Å². The Kier molecular flexibility index (Phi) is 7.47. The first-order valence-electron chi connectivity index (χ1n) is 7.15. The van der Waals surface area contributed by atoms with Crippen molar-refractivity contribution in [2.45, 2.75) is 46.5 Å². The highest BCUT2D eigenvalue weighted by Gasteiger charge is 2.12. The fraction of sp³-hybridized carbons (Fsp3) is 0.625. The lowest BCUT2D eigenvalue weighted by molar-refractivity contribution is 0.405. The lowest BCUT2D eigenvalue weighted by atomic mass is 9.99. The normalized spacial score (nSPS) is 10.8. The molecule has 0 aliphatic carbocycles. The van der Waals surface area contributed by atoms with E-state index in [0.29, 0.717) is 0 Å². The summed E-state index contributed by atoms with van der Waals surface area (Å²) in [5, 5.41) is 3.45. The molecule has 0 aliphatic rings. The van der Waals surface area contributed by atoms with Crippen molar-refractivity contribution in [3.63, 3.8) is 0 Å². The number of nitrogens with one attached hydrogen (secondary N) is 1. The topological polar surface area (TPSA) is 21.3 Å². The molecule has 2 nitrogen and oxygen atoms in total. The van der Waals surface area contributed by atoms with Crippen molar-refractivity contribution in [3.8, 4) is 5.75 Å². The molecule has 0 atom stereocenters. The van der Waals surface area contributed by atoms with E-state index < -0.39 is 0 Å². The first-order valence-corrected chi connectivity index (χ1v) is 7.94. The average Bonchev–Trinajstić information content (AvgIpc) is 2.39. The van der Waals surface area contributed by atoms with Crippen LogP contribution < -0.4 is 10.1 Å². The molecule has 0 saturated carbocycles. The summed E-state index contributed by atoms with van der Waals surface area (Å²) in [7, 11) is 1.77. The van der Waals surface area contributed by atoms with Gasteiger partial charge in [0.1, 0.15) is 5.75 Å². The van der Waals surface area contributed by atoms with Gasteiger partial charge in [-0.1, -0.05) is 22.9 Å². The molecular formula is C16H26BrNO. The Morgan fingerprint density at radius 2 is 1.95 bits per heavy atom. The molecule has 1 aromatic rings. The highest BCUT2D eigenvalue weighted by molar-refractivity contribution is 9.10. The molecule has 0 unspecified atom stereocenters. The van der Waals surface area contributed by atoms with E-state index in [0.717, 1.165) is 25.3 Å². The largest absolute Gasteiger partial charge is 0.496 e. The van der Waals surface area contributed by atoms with Crippen LogP contribution in [0.15, 0.2) is 10.5 Å². The number of hydrogen-bond donors (Lipinski definition) is 1. The first kappa shape index (κ1) is 16.5. The second-order valence-corrected chi connectivity index (χ2v) is 5.87. The molecule has 0 aliphatic heterocycles. The van der Waals surface area contributed by atoms with E-state index >= 15 is 0 Å². The molecule has 19 heavy (non-hydrogen) atoms. The molecule has 1 rings (SSSR count). The predicted molar refractivity (Wildman–Crippen MR) is 86.3 cm³/mol. The SMILES string of the molecule is CCCNCCCCc1c(C)c(Br)cc(C)c1OC. The third kappa shape index (κ3) is 4.81. The van der Waals surface area contributed by atoms with Gasteiger partial charge in [-0.3, -0.25) is 0 Å². The van der Waals surface area contributed by atoms with Crippen molar-refractivity contribution in [2.24, 2.45) is 0 Å². The Balaban J connectivity index is 2.61. The zero-order valence-electron chi connectivity index (χ0n) is 12.6. The van der Waals surface area contributed by atoms with Gasteiger partial charge in [-0.05, 0) is 75.4 Å². The van der Waals surface area contributed by atoms with Gasteiger partial charge in [0.25, 0.3) is 0 Å². The standard InChI is InChI=1S/C16H26BrNO/c1-5-9-18-10-7-6-8-14-13(3)15(17)11-12(2)16(14)19-4/h11,18H,5-10H2,1-4H3. The van der Waals surface area contributed by atoms with Gasteiger partial charge >= 0.3 is 0 Å². The molecule has 0 spiro atoms. The minimum atomic E-state index is 1.06. The second kappa shape index (κ2) is 8.60. The van der Waals surface area contributed by atoms with Crippen molar-refractivity contribution in [2.75, 3.05) is 20.2 Å². The summed E-state index contributed by atoms with van der Waals surface area (Å²) < 4.78 is 6.76. The summed E-state index contributed by atoms with van der Waals surface area (Å²) in [4.78, 5) is 0. The highest BCUT2D eigenvalue weighted by atomic mass is 79.9. The van der Waals surface area contributed by atoms with E-state index in [2.05, 4.69) is 48.1 Å². The van der Waals surface area contributed by atoms with E-state index in [9.17, 15) is 0 Å². The molecule has 1 N–H and O–H groups in total. The average molecular weight is 328 g/mol. The predicted octanol–water partition coefficient (Wildman–Crippen LogP) is 4.40. The summed E-state index contributed by atoms with van der Waals surface area (Å²) in [5.74, 6) is 1.06. The van der Waals surface area contributed by atoms with E-state index in [4.69, 9.17) is 4.74 Å². The summed E-state index contributed by atoms with van der Waals surface area (Å²) in [5.41, 5.74) is 3.87. The minimum Gasteiger partial charge on any atom is -0.496 e. The number of methoxy groups -OCH3 is 1. The second-order valence-electron chi connectivity index (χ2n) is 5.02. The van der Waals surface area contributed by atoms with Crippen molar-refractivity contribution < 1.29 is 4.74 Å². The maximum atomic E-state index is 5.57. The molecule has 0 saturated heterocycles. The van der Waals surface area contributed by atoms with Crippen molar-refractivity contribution >= 4 is 15.9 Å². The van der Waals surface area contributed by atoms with Crippen LogP contribution in [0.5, 0.6) is 5.75 Å². The number of ether oxygens (including phenoxy) is 1. The molecule has 0 radical (unpaired) electrons. The number of aryl methyl sites for hydroxylation is 1. The van der Waals surface area contributed by atoms with Crippen LogP contribution in [-0.4, -0.2) is 20.2 Å². The van der Waals surface area contributed by atoms with Gasteiger partial charge in [-0.15, -0.1) is 0 Å². The van der Waals surface area contributed by atoms with Crippen LogP contribution in [0.2, 0.25) is 0 Å². The number of unbranched alkanes of at least 4 members (excludes halogenated alkanes) is 1. The van der Waals surface area contributed by atoms with Crippen LogP contribution in [0, 0.1) is 13.8 Å². The van der Waals surface area contributed by atoms with E-state index in [1.807, 2.05) is 0 Å². The molecule has 108 valence electrons. The molecule has 1 aromatic carbocycles. The first-order chi connectivity index (χ1) is 9.11. The van der Waals surface area contributed by atoms with Crippen LogP contribution in [-0.2, 0) is 6.42 Å². The Morgan fingerprint density at radius 1 is 1.21 bits per heavy atom. The third-order valence-corrected chi connectivity index (χ3v) is 4.27. The molecule has 3 heteroatoms. The third-order valence-electron chi connectivity index (χ3n) is 3.45. The molecule has 0 heterocycles.